The van der Waals surface area contributed by atoms with Crippen LogP contribution in [0.25, 0.3) is 10.9 Å². The highest BCUT2D eigenvalue weighted by Crippen LogP contribution is 2.30. The lowest BCUT2D eigenvalue weighted by atomic mass is 10.2. The average Bonchev–Trinajstić information content (AvgIpc) is 3.00. The topological polar surface area (TPSA) is 60.5 Å². The molecule has 1 aromatic heterocycles. The largest absolute Gasteiger partial charge is 0.353 e. The van der Waals surface area contributed by atoms with Crippen molar-refractivity contribution in [2.75, 3.05) is 49.1 Å². The standard InChI is InChI=1S/C16H18ClN5O/c17-13-10-11-9-12(22-8-5-19-16(22)23)1-2-14(11)20-15(13)21-6-3-18-4-7-21/h1-2,9-10,18H,3-8H2,(H,19,23). The lowest BCUT2D eigenvalue weighted by molar-refractivity contribution is 0.252. The molecule has 6 nitrogen and oxygen atoms in total. The number of rotatable bonds is 2. The lowest BCUT2D eigenvalue weighted by Gasteiger charge is -2.29. The fourth-order valence-corrected chi connectivity index (χ4v) is 3.39. The number of carbonyl (C=O) groups excluding carboxylic acids is 1. The van der Waals surface area contributed by atoms with Crippen molar-refractivity contribution in [3.05, 3.63) is 29.3 Å². The van der Waals surface area contributed by atoms with Crippen molar-refractivity contribution in [1.82, 2.24) is 15.6 Å². The van der Waals surface area contributed by atoms with E-state index in [0.717, 1.165) is 48.6 Å². The van der Waals surface area contributed by atoms with Crippen molar-refractivity contribution in [3.63, 3.8) is 0 Å². The Hall–Kier alpha value is -2.05. The number of aromatic nitrogens is 1. The quantitative estimate of drug-likeness (QED) is 0.881. The molecule has 0 unspecified atom stereocenters. The number of amides is 2. The van der Waals surface area contributed by atoms with Crippen LogP contribution >= 0.6 is 11.6 Å². The Morgan fingerprint density at radius 2 is 1.91 bits per heavy atom. The zero-order valence-corrected chi connectivity index (χ0v) is 13.4. The molecular weight excluding hydrogens is 314 g/mol. The summed E-state index contributed by atoms with van der Waals surface area (Å²) in [6.07, 6.45) is 0. The molecule has 0 atom stereocenters. The SMILES string of the molecule is O=C1NCCN1c1ccc2nc(N3CCNCC3)c(Cl)cc2c1. The molecule has 2 saturated heterocycles. The molecule has 0 radical (unpaired) electrons. The van der Waals surface area contributed by atoms with Crippen molar-refractivity contribution in [3.8, 4) is 0 Å². The van der Waals surface area contributed by atoms with Gasteiger partial charge in [-0.1, -0.05) is 11.6 Å². The first-order chi connectivity index (χ1) is 11.2. The van der Waals surface area contributed by atoms with Gasteiger partial charge in [0, 0.05) is 50.3 Å². The second-order valence-electron chi connectivity index (χ2n) is 5.79. The summed E-state index contributed by atoms with van der Waals surface area (Å²) >= 11 is 6.46. The number of urea groups is 1. The fourth-order valence-electron chi connectivity index (χ4n) is 3.11. The van der Waals surface area contributed by atoms with Crippen LogP contribution in [-0.4, -0.2) is 50.3 Å². The van der Waals surface area contributed by atoms with Crippen LogP contribution in [0.15, 0.2) is 24.3 Å². The Bertz CT molecular complexity index is 759. The van der Waals surface area contributed by atoms with Gasteiger partial charge in [0.15, 0.2) is 0 Å². The maximum atomic E-state index is 11.8. The number of hydrogen-bond acceptors (Lipinski definition) is 4. The summed E-state index contributed by atoms with van der Waals surface area (Å²) in [6.45, 7) is 5.06. The van der Waals surface area contributed by atoms with Crippen LogP contribution in [0.1, 0.15) is 0 Å². The summed E-state index contributed by atoms with van der Waals surface area (Å²) in [4.78, 5) is 20.5. The minimum absolute atomic E-state index is 0.0548. The Morgan fingerprint density at radius 1 is 1.09 bits per heavy atom. The van der Waals surface area contributed by atoms with Crippen LogP contribution in [-0.2, 0) is 0 Å². The maximum absolute atomic E-state index is 11.8. The predicted molar refractivity (Wildman–Crippen MR) is 92.6 cm³/mol. The van der Waals surface area contributed by atoms with Crippen molar-refractivity contribution >= 4 is 40.0 Å². The highest BCUT2D eigenvalue weighted by molar-refractivity contribution is 6.33. The van der Waals surface area contributed by atoms with E-state index in [1.165, 1.54) is 0 Å². The summed E-state index contributed by atoms with van der Waals surface area (Å²) < 4.78 is 0. The number of carbonyl (C=O) groups is 1. The number of nitrogens with one attached hydrogen (secondary N) is 2. The van der Waals surface area contributed by atoms with E-state index in [0.29, 0.717) is 18.1 Å². The van der Waals surface area contributed by atoms with Gasteiger partial charge in [0.25, 0.3) is 0 Å². The molecule has 2 aliphatic rings. The molecule has 23 heavy (non-hydrogen) atoms. The molecule has 0 spiro atoms. The Morgan fingerprint density at radius 3 is 2.65 bits per heavy atom. The first kappa shape index (κ1) is 14.5. The normalized spacial score (nSPS) is 18.6. The van der Waals surface area contributed by atoms with Crippen LogP contribution < -0.4 is 20.4 Å². The lowest BCUT2D eigenvalue weighted by Crippen LogP contribution is -2.44. The number of piperazine rings is 1. The van der Waals surface area contributed by atoms with E-state index >= 15 is 0 Å². The van der Waals surface area contributed by atoms with E-state index in [2.05, 4.69) is 15.5 Å². The Balaban J connectivity index is 1.71. The Labute approximate surface area is 139 Å². The molecule has 4 rings (SSSR count). The highest BCUT2D eigenvalue weighted by atomic mass is 35.5. The molecule has 2 aromatic rings. The van der Waals surface area contributed by atoms with Crippen molar-refractivity contribution in [1.29, 1.82) is 0 Å². The smallest absolute Gasteiger partial charge is 0.321 e. The van der Waals surface area contributed by atoms with Gasteiger partial charge in [0.1, 0.15) is 5.82 Å². The van der Waals surface area contributed by atoms with E-state index < -0.39 is 0 Å². The van der Waals surface area contributed by atoms with Crippen molar-refractivity contribution < 1.29 is 4.79 Å². The van der Waals surface area contributed by atoms with Gasteiger partial charge in [0.05, 0.1) is 10.5 Å². The summed E-state index contributed by atoms with van der Waals surface area (Å²) in [5, 5.41) is 7.75. The van der Waals surface area contributed by atoms with Crippen LogP contribution in [0, 0.1) is 0 Å². The minimum atomic E-state index is -0.0548. The van der Waals surface area contributed by atoms with E-state index in [-0.39, 0.29) is 6.03 Å². The van der Waals surface area contributed by atoms with E-state index in [1.54, 1.807) is 4.90 Å². The third kappa shape index (κ3) is 2.68. The van der Waals surface area contributed by atoms with Gasteiger partial charge >= 0.3 is 6.03 Å². The monoisotopic (exact) mass is 331 g/mol. The second-order valence-corrected chi connectivity index (χ2v) is 6.20. The average molecular weight is 332 g/mol. The summed E-state index contributed by atoms with van der Waals surface area (Å²) in [6, 6.07) is 7.76. The van der Waals surface area contributed by atoms with E-state index in [1.807, 2.05) is 24.3 Å². The minimum Gasteiger partial charge on any atom is -0.353 e. The summed E-state index contributed by atoms with van der Waals surface area (Å²) in [5.41, 5.74) is 1.77. The zero-order valence-electron chi connectivity index (χ0n) is 12.7. The fraction of sp³-hybridized carbons (Fsp3) is 0.375. The third-order valence-electron chi connectivity index (χ3n) is 4.32. The molecule has 2 fully saturated rings. The predicted octanol–water partition coefficient (Wildman–Crippen LogP) is 1.83. The van der Waals surface area contributed by atoms with Gasteiger partial charge in [-0.25, -0.2) is 9.78 Å². The Kier molecular flexibility index (Phi) is 3.71. The maximum Gasteiger partial charge on any atom is 0.321 e. The number of fused-ring (bicyclic) bond motifs is 1. The number of hydrogen-bond donors (Lipinski definition) is 2. The van der Waals surface area contributed by atoms with Crippen LogP contribution in [0.5, 0.6) is 0 Å². The van der Waals surface area contributed by atoms with Crippen molar-refractivity contribution in [2.24, 2.45) is 0 Å². The first-order valence-corrected chi connectivity index (χ1v) is 8.21. The van der Waals surface area contributed by atoms with Gasteiger partial charge in [-0.3, -0.25) is 4.90 Å². The van der Waals surface area contributed by atoms with Gasteiger partial charge in [-0.15, -0.1) is 0 Å². The van der Waals surface area contributed by atoms with Crippen molar-refractivity contribution in [2.45, 2.75) is 0 Å². The third-order valence-corrected chi connectivity index (χ3v) is 4.60. The molecule has 0 saturated carbocycles. The number of halogens is 1. The molecule has 120 valence electrons. The number of benzene rings is 1. The number of pyridine rings is 1. The zero-order chi connectivity index (χ0) is 15.8. The van der Waals surface area contributed by atoms with Crippen LogP contribution in [0.2, 0.25) is 5.02 Å². The first-order valence-electron chi connectivity index (χ1n) is 7.84. The highest BCUT2D eigenvalue weighted by Gasteiger charge is 2.22. The molecule has 7 heteroatoms. The molecule has 2 aliphatic heterocycles. The van der Waals surface area contributed by atoms with E-state index in [9.17, 15) is 4.79 Å². The summed E-state index contributed by atoms with van der Waals surface area (Å²) in [5.74, 6) is 0.840. The molecule has 2 amide bonds. The molecule has 2 N–H and O–H groups in total. The van der Waals surface area contributed by atoms with Crippen LogP contribution in [0.4, 0.5) is 16.3 Å². The van der Waals surface area contributed by atoms with Gasteiger partial charge in [-0.2, -0.15) is 0 Å². The molecule has 0 aliphatic carbocycles. The molecule has 0 bridgehead atoms. The van der Waals surface area contributed by atoms with Crippen LogP contribution in [0.3, 0.4) is 0 Å². The van der Waals surface area contributed by atoms with Gasteiger partial charge < -0.3 is 15.5 Å². The van der Waals surface area contributed by atoms with Gasteiger partial charge in [0.2, 0.25) is 0 Å². The van der Waals surface area contributed by atoms with E-state index in [4.69, 9.17) is 16.6 Å². The molecular formula is C16H18ClN5O. The molecule has 1 aromatic carbocycles. The summed E-state index contributed by atoms with van der Waals surface area (Å²) in [7, 11) is 0. The van der Waals surface area contributed by atoms with Gasteiger partial charge in [-0.05, 0) is 24.3 Å². The second kappa shape index (κ2) is 5.86. The number of anilines is 2. The number of nitrogens with zero attached hydrogens (tertiary/aromatic N) is 3. The molecule has 3 heterocycles.